The van der Waals surface area contributed by atoms with Gasteiger partial charge in [-0.2, -0.15) is 0 Å². The fourth-order valence-corrected chi connectivity index (χ4v) is 2.75. The third-order valence-corrected chi connectivity index (χ3v) is 3.86. The van der Waals surface area contributed by atoms with E-state index in [1.54, 1.807) is 13.0 Å². The topological polar surface area (TPSA) is 69.4 Å². The smallest absolute Gasteiger partial charge is 0.338 e. The SMILES string of the molecule is CCCCCC(C(N)=O)c1c(CC)cccc1C(=O)OCC. The van der Waals surface area contributed by atoms with Crippen LogP contribution in [0.3, 0.4) is 0 Å². The van der Waals surface area contributed by atoms with Crippen LogP contribution >= 0.6 is 0 Å². The minimum atomic E-state index is -0.429. The molecule has 0 spiro atoms. The van der Waals surface area contributed by atoms with Gasteiger partial charge >= 0.3 is 5.97 Å². The Kier molecular flexibility index (Phi) is 7.64. The molecule has 0 aromatic heterocycles. The average Bonchev–Trinajstić information content (AvgIpc) is 2.51. The maximum Gasteiger partial charge on any atom is 0.338 e. The van der Waals surface area contributed by atoms with Crippen molar-refractivity contribution in [2.24, 2.45) is 5.73 Å². The molecule has 0 saturated carbocycles. The monoisotopic (exact) mass is 305 g/mol. The number of primary amides is 1. The number of esters is 1. The van der Waals surface area contributed by atoms with Crippen molar-refractivity contribution >= 4 is 11.9 Å². The summed E-state index contributed by atoms with van der Waals surface area (Å²) < 4.78 is 5.13. The molecule has 1 aromatic rings. The molecule has 0 radical (unpaired) electrons. The normalized spacial score (nSPS) is 12.0. The number of unbranched alkanes of at least 4 members (excludes halogenated alkanes) is 2. The molecular weight excluding hydrogens is 278 g/mol. The number of hydrogen-bond acceptors (Lipinski definition) is 3. The predicted molar refractivity (Wildman–Crippen MR) is 87.9 cm³/mol. The second-order valence-corrected chi connectivity index (χ2v) is 5.40. The molecule has 0 aliphatic carbocycles. The molecule has 1 aromatic carbocycles. The van der Waals surface area contributed by atoms with Gasteiger partial charge in [-0.3, -0.25) is 4.79 Å². The number of carbonyl (C=O) groups is 2. The van der Waals surface area contributed by atoms with E-state index in [2.05, 4.69) is 6.92 Å². The zero-order chi connectivity index (χ0) is 16.5. The molecule has 0 aliphatic rings. The third-order valence-electron chi connectivity index (χ3n) is 3.86. The largest absolute Gasteiger partial charge is 0.462 e. The lowest BCUT2D eigenvalue weighted by molar-refractivity contribution is -0.119. The molecule has 4 nitrogen and oxygen atoms in total. The Labute approximate surface area is 133 Å². The molecule has 0 bridgehead atoms. The molecule has 22 heavy (non-hydrogen) atoms. The molecule has 1 atom stereocenters. The van der Waals surface area contributed by atoms with E-state index in [4.69, 9.17) is 10.5 Å². The van der Waals surface area contributed by atoms with E-state index in [1.165, 1.54) is 0 Å². The van der Waals surface area contributed by atoms with E-state index in [9.17, 15) is 9.59 Å². The van der Waals surface area contributed by atoms with E-state index in [0.29, 0.717) is 18.6 Å². The first-order valence-electron chi connectivity index (χ1n) is 8.14. The van der Waals surface area contributed by atoms with Gasteiger partial charge in [0.25, 0.3) is 0 Å². The molecule has 1 rings (SSSR count). The third kappa shape index (κ3) is 4.58. The van der Waals surface area contributed by atoms with Crippen molar-refractivity contribution in [1.82, 2.24) is 0 Å². The van der Waals surface area contributed by atoms with Crippen LogP contribution in [0, 0.1) is 0 Å². The van der Waals surface area contributed by atoms with Crippen LogP contribution in [0.2, 0.25) is 0 Å². The van der Waals surface area contributed by atoms with E-state index < -0.39 is 5.92 Å². The van der Waals surface area contributed by atoms with Crippen LogP contribution in [-0.4, -0.2) is 18.5 Å². The number of benzene rings is 1. The van der Waals surface area contributed by atoms with Gasteiger partial charge in [-0.15, -0.1) is 0 Å². The molecule has 0 fully saturated rings. The van der Waals surface area contributed by atoms with Crippen molar-refractivity contribution in [3.8, 4) is 0 Å². The van der Waals surface area contributed by atoms with Gasteiger partial charge in [-0.05, 0) is 37.0 Å². The number of carbonyl (C=O) groups excluding carboxylic acids is 2. The van der Waals surface area contributed by atoms with Gasteiger partial charge in [0.2, 0.25) is 5.91 Å². The summed E-state index contributed by atoms with van der Waals surface area (Å²) in [4.78, 5) is 24.2. The first kappa shape index (κ1) is 18.2. The van der Waals surface area contributed by atoms with Crippen LogP contribution < -0.4 is 5.73 Å². The number of nitrogens with two attached hydrogens (primary N) is 1. The van der Waals surface area contributed by atoms with Crippen LogP contribution in [-0.2, 0) is 16.0 Å². The lowest BCUT2D eigenvalue weighted by atomic mass is 9.85. The summed E-state index contributed by atoms with van der Waals surface area (Å²) in [5.41, 5.74) is 7.85. The molecule has 122 valence electrons. The highest BCUT2D eigenvalue weighted by Gasteiger charge is 2.26. The van der Waals surface area contributed by atoms with Crippen molar-refractivity contribution < 1.29 is 14.3 Å². The first-order valence-corrected chi connectivity index (χ1v) is 8.14. The summed E-state index contributed by atoms with van der Waals surface area (Å²) in [5, 5.41) is 0. The zero-order valence-corrected chi connectivity index (χ0v) is 13.9. The maximum atomic E-state index is 12.2. The Morgan fingerprint density at radius 3 is 2.45 bits per heavy atom. The lowest BCUT2D eigenvalue weighted by Crippen LogP contribution is -2.25. The van der Waals surface area contributed by atoms with Gasteiger partial charge in [0, 0.05) is 0 Å². The fourth-order valence-electron chi connectivity index (χ4n) is 2.75. The van der Waals surface area contributed by atoms with Crippen molar-refractivity contribution in [2.75, 3.05) is 6.61 Å². The molecule has 0 heterocycles. The first-order chi connectivity index (χ1) is 10.6. The number of hydrogen-bond donors (Lipinski definition) is 1. The van der Waals surface area contributed by atoms with Crippen LogP contribution in [0.15, 0.2) is 18.2 Å². The van der Waals surface area contributed by atoms with Crippen LogP contribution in [0.25, 0.3) is 0 Å². The quantitative estimate of drug-likeness (QED) is 0.560. The number of rotatable bonds is 9. The van der Waals surface area contributed by atoms with Gasteiger partial charge < -0.3 is 10.5 Å². The minimum Gasteiger partial charge on any atom is -0.462 e. The maximum absolute atomic E-state index is 12.2. The highest BCUT2D eigenvalue weighted by Crippen LogP contribution is 2.30. The van der Waals surface area contributed by atoms with Crippen molar-refractivity contribution in [3.05, 3.63) is 34.9 Å². The Bertz CT molecular complexity index is 511. The van der Waals surface area contributed by atoms with Gasteiger partial charge in [-0.1, -0.05) is 45.2 Å². The van der Waals surface area contributed by atoms with Crippen LogP contribution in [0.5, 0.6) is 0 Å². The van der Waals surface area contributed by atoms with Crippen molar-refractivity contribution in [2.45, 2.75) is 58.8 Å². The highest BCUT2D eigenvalue weighted by atomic mass is 16.5. The Morgan fingerprint density at radius 2 is 1.91 bits per heavy atom. The summed E-state index contributed by atoms with van der Waals surface area (Å²) in [5.74, 6) is -1.18. The number of amides is 1. The number of aryl methyl sites for hydroxylation is 1. The molecule has 0 saturated heterocycles. The van der Waals surface area contributed by atoms with E-state index in [1.807, 2.05) is 19.1 Å². The molecule has 1 amide bonds. The summed E-state index contributed by atoms with van der Waals surface area (Å²) in [6, 6.07) is 5.51. The van der Waals surface area contributed by atoms with Crippen LogP contribution in [0.1, 0.15) is 73.9 Å². The average molecular weight is 305 g/mol. The van der Waals surface area contributed by atoms with Crippen molar-refractivity contribution in [3.63, 3.8) is 0 Å². The van der Waals surface area contributed by atoms with Crippen molar-refractivity contribution in [1.29, 1.82) is 0 Å². The summed E-state index contributed by atoms with van der Waals surface area (Å²) in [7, 11) is 0. The van der Waals surface area contributed by atoms with E-state index in [-0.39, 0.29) is 11.9 Å². The predicted octanol–water partition coefficient (Wildman–Crippen LogP) is 3.57. The minimum absolute atomic E-state index is 0.311. The lowest BCUT2D eigenvalue weighted by Gasteiger charge is -2.20. The summed E-state index contributed by atoms with van der Waals surface area (Å²) in [6.45, 7) is 6.21. The summed E-state index contributed by atoms with van der Waals surface area (Å²) >= 11 is 0. The molecule has 0 aliphatic heterocycles. The molecule has 1 unspecified atom stereocenters. The Balaban J connectivity index is 3.25. The molecular formula is C18H27NO3. The van der Waals surface area contributed by atoms with Gasteiger partial charge in [0.05, 0.1) is 18.1 Å². The van der Waals surface area contributed by atoms with Crippen LogP contribution in [0.4, 0.5) is 0 Å². The van der Waals surface area contributed by atoms with Gasteiger partial charge in [0.15, 0.2) is 0 Å². The fraction of sp³-hybridized carbons (Fsp3) is 0.556. The summed E-state index contributed by atoms with van der Waals surface area (Å²) in [6.07, 6.45) is 4.47. The van der Waals surface area contributed by atoms with Gasteiger partial charge in [-0.25, -0.2) is 4.79 Å². The van der Waals surface area contributed by atoms with Gasteiger partial charge in [0.1, 0.15) is 0 Å². The standard InChI is InChI=1S/C18H27NO3/c1-4-7-8-11-14(17(19)20)16-13(5-2)10-9-12-15(16)18(21)22-6-3/h9-10,12,14H,4-8,11H2,1-3H3,(H2,19,20). The second-order valence-electron chi connectivity index (χ2n) is 5.40. The number of ether oxygens (including phenoxy) is 1. The molecule has 2 N–H and O–H groups in total. The van der Waals surface area contributed by atoms with E-state index in [0.717, 1.165) is 36.8 Å². The Morgan fingerprint density at radius 1 is 1.18 bits per heavy atom. The second kappa shape index (κ2) is 9.23. The molecule has 4 heteroatoms. The van der Waals surface area contributed by atoms with E-state index >= 15 is 0 Å². The highest BCUT2D eigenvalue weighted by molar-refractivity contribution is 5.94. The zero-order valence-electron chi connectivity index (χ0n) is 13.9. The Hall–Kier alpha value is -1.84.